The SMILES string of the molecule is COc1ccc(C(C)NC(=O)c2cnc(NC3CC3)c([N+](=O)[O-])c2)cc1. The fourth-order valence-electron chi connectivity index (χ4n) is 2.50. The highest BCUT2D eigenvalue weighted by Gasteiger charge is 2.27. The Labute approximate surface area is 150 Å². The zero-order valence-corrected chi connectivity index (χ0v) is 14.6. The Morgan fingerprint density at radius 2 is 2.04 bits per heavy atom. The molecule has 3 rings (SSSR count). The first kappa shape index (κ1) is 17.7. The summed E-state index contributed by atoms with van der Waals surface area (Å²) < 4.78 is 5.11. The molecule has 26 heavy (non-hydrogen) atoms. The molecule has 0 saturated heterocycles. The molecular formula is C18H20N4O4. The van der Waals surface area contributed by atoms with E-state index in [0.717, 1.165) is 24.2 Å². The molecule has 1 unspecified atom stereocenters. The van der Waals surface area contributed by atoms with Crippen molar-refractivity contribution in [2.45, 2.75) is 31.8 Å². The second kappa shape index (κ2) is 7.38. The van der Waals surface area contributed by atoms with Gasteiger partial charge in [-0.15, -0.1) is 0 Å². The molecule has 1 aliphatic rings. The Hall–Kier alpha value is -3.16. The molecule has 1 aromatic carbocycles. The fourth-order valence-corrected chi connectivity index (χ4v) is 2.50. The molecule has 1 aliphatic carbocycles. The predicted molar refractivity (Wildman–Crippen MR) is 96.4 cm³/mol. The number of anilines is 1. The predicted octanol–water partition coefficient (Wildman–Crippen LogP) is 3.06. The Kier molecular flexibility index (Phi) is 5.01. The van der Waals surface area contributed by atoms with Crippen LogP contribution in [0.2, 0.25) is 0 Å². The Bertz CT molecular complexity index is 818. The van der Waals surface area contributed by atoms with Crippen LogP contribution in [0.25, 0.3) is 0 Å². The van der Waals surface area contributed by atoms with Gasteiger partial charge in [-0.3, -0.25) is 14.9 Å². The summed E-state index contributed by atoms with van der Waals surface area (Å²) in [6.45, 7) is 1.84. The van der Waals surface area contributed by atoms with Gasteiger partial charge in [-0.25, -0.2) is 4.98 Å². The second-order valence-corrected chi connectivity index (χ2v) is 6.24. The zero-order chi connectivity index (χ0) is 18.7. The van der Waals surface area contributed by atoms with Gasteiger partial charge in [-0.1, -0.05) is 12.1 Å². The van der Waals surface area contributed by atoms with Crippen LogP contribution >= 0.6 is 0 Å². The maximum atomic E-state index is 12.5. The van der Waals surface area contributed by atoms with Crippen LogP contribution in [0, 0.1) is 10.1 Å². The highest BCUT2D eigenvalue weighted by atomic mass is 16.6. The van der Waals surface area contributed by atoms with Gasteiger partial charge in [0.05, 0.1) is 23.6 Å². The molecule has 0 radical (unpaired) electrons. The third-order valence-corrected chi connectivity index (χ3v) is 4.21. The van der Waals surface area contributed by atoms with Crippen molar-refractivity contribution in [3.8, 4) is 5.75 Å². The number of hydrogen-bond donors (Lipinski definition) is 2. The number of methoxy groups -OCH3 is 1. The number of nitro groups is 1. The normalized spacial score (nSPS) is 14.4. The van der Waals surface area contributed by atoms with Crippen molar-refractivity contribution in [3.05, 3.63) is 57.8 Å². The minimum atomic E-state index is -0.526. The largest absolute Gasteiger partial charge is 0.497 e. The molecule has 1 atom stereocenters. The second-order valence-electron chi connectivity index (χ2n) is 6.24. The van der Waals surface area contributed by atoms with Crippen molar-refractivity contribution >= 4 is 17.4 Å². The number of nitrogens with one attached hydrogen (secondary N) is 2. The quantitative estimate of drug-likeness (QED) is 0.583. The summed E-state index contributed by atoms with van der Waals surface area (Å²) >= 11 is 0. The van der Waals surface area contributed by atoms with Gasteiger partial charge in [0.15, 0.2) is 0 Å². The van der Waals surface area contributed by atoms with E-state index in [1.807, 2.05) is 31.2 Å². The average molecular weight is 356 g/mol. The van der Waals surface area contributed by atoms with Gasteiger partial charge in [-0.2, -0.15) is 0 Å². The number of rotatable bonds is 7. The van der Waals surface area contributed by atoms with Crippen LogP contribution in [-0.4, -0.2) is 29.0 Å². The van der Waals surface area contributed by atoms with Crippen molar-refractivity contribution in [2.75, 3.05) is 12.4 Å². The lowest BCUT2D eigenvalue weighted by Crippen LogP contribution is -2.27. The third kappa shape index (κ3) is 4.08. The van der Waals surface area contributed by atoms with E-state index >= 15 is 0 Å². The molecule has 1 amide bonds. The number of ether oxygens (including phenoxy) is 1. The molecule has 1 fully saturated rings. The number of carbonyl (C=O) groups excluding carboxylic acids is 1. The van der Waals surface area contributed by atoms with Crippen molar-refractivity contribution in [1.29, 1.82) is 0 Å². The van der Waals surface area contributed by atoms with E-state index in [4.69, 9.17) is 4.74 Å². The van der Waals surface area contributed by atoms with Crippen LogP contribution < -0.4 is 15.4 Å². The number of pyridine rings is 1. The molecule has 2 N–H and O–H groups in total. The maximum absolute atomic E-state index is 12.5. The summed E-state index contributed by atoms with van der Waals surface area (Å²) in [5.74, 6) is 0.519. The molecule has 1 aromatic heterocycles. The first-order valence-corrected chi connectivity index (χ1v) is 8.33. The molecule has 0 bridgehead atoms. The van der Waals surface area contributed by atoms with E-state index in [1.165, 1.54) is 12.3 Å². The first-order chi connectivity index (χ1) is 12.5. The molecule has 1 saturated carbocycles. The molecule has 8 nitrogen and oxygen atoms in total. The average Bonchev–Trinajstić information content (AvgIpc) is 3.45. The number of benzene rings is 1. The Balaban J connectivity index is 1.73. The van der Waals surface area contributed by atoms with E-state index in [9.17, 15) is 14.9 Å². The van der Waals surface area contributed by atoms with Crippen LogP contribution in [-0.2, 0) is 0 Å². The van der Waals surface area contributed by atoms with E-state index in [2.05, 4.69) is 15.6 Å². The minimum absolute atomic E-state index is 0.151. The van der Waals surface area contributed by atoms with E-state index in [-0.39, 0.29) is 29.2 Å². The van der Waals surface area contributed by atoms with Crippen molar-refractivity contribution in [3.63, 3.8) is 0 Å². The van der Waals surface area contributed by atoms with Crippen molar-refractivity contribution in [2.24, 2.45) is 0 Å². The fraction of sp³-hybridized carbons (Fsp3) is 0.333. The number of aromatic nitrogens is 1. The van der Waals surface area contributed by atoms with Gasteiger partial charge in [0.25, 0.3) is 5.91 Å². The number of amides is 1. The summed E-state index contributed by atoms with van der Waals surface area (Å²) in [7, 11) is 1.59. The Morgan fingerprint density at radius 1 is 1.35 bits per heavy atom. The Morgan fingerprint density at radius 3 is 2.62 bits per heavy atom. The van der Waals surface area contributed by atoms with Gasteiger partial charge in [0.1, 0.15) is 5.75 Å². The van der Waals surface area contributed by atoms with Crippen LogP contribution in [0.3, 0.4) is 0 Å². The zero-order valence-electron chi connectivity index (χ0n) is 14.6. The van der Waals surface area contributed by atoms with E-state index < -0.39 is 10.8 Å². The minimum Gasteiger partial charge on any atom is -0.497 e. The number of hydrogen-bond acceptors (Lipinski definition) is 6. The monoisotopic (exact) mass is 356 g/mol. The lowest BCUT2D eigenvalue weighted by Gasteiger charge is -2.15. The summed E-state index contributed by atoms with van der Waals surface area (Å²) in [5, 5.41) is 17.1. The first-order valence-electron chi connectivity index (χ1n) is 8.33. The van der Waals surface area contributed by atoms with E-state index in [1.54, 1.807) is 7.11 Å². The lowest BCUT2D eigenvalue weighted by atomic mass is 10.1. The topological polar surface area (TPSA) is 106 Å². The lowest BCUT2D eigenvalue weighted by molar-refractivity contribution is -0.384. The van der Waals surface area contributed by atoms with Gasteiger partial charge in [0.2, 0.25) is 5.82 Å². The molecule has 8 heteroatoms. The van der Waals surface area contributed by atoms with Crippen LogP contribution in [0.1, 0.15) is 41.7 Å². The van der Waals surface area contributed by atoms with Crippen molar-refractivity contribution in [1.82, 2.24) is 10.3 Å². The maximum Gasteiger partial charge on any atom is 0.312 e. The third-order valence-electron chi connectivity index (χ3n) is 4.21. The molecule has 1 heterocycles. The van der Waals surface area contributed by atoms with Gasteiger partial charge >= 0.3 is 5.69 Å². The van der Waals surface area contributed by atoms with Gasteiger partial charge in [0, 0.05) is 18.3 Å². The molecule has 136 valence electrons. The summed E-state index contributed by atoms with van der Waals surface area (Å²) in [6, 6.07) is 8.55. The smallest absolute Gasteiger partial charge is 0.312 e. The molecule has 2 aromatic rings. The van der Waals surface area contributed by atoms with Crippen LogP contribution in [0.5, 0.6) is 5.75 Å². The number of carbonyl (C=O) groups is 1. The van der Waals surface area contributed by atoms with Crippen molar-refractivity contribution < 1.29 is 14.5 Å². The summed E-state index contributed by atoms with van der Waals surface area (Å²) in [5.41, 5.74) is 0.855. The van der Waals surface area contributed by atoms with Gasteiger partial charge in [-0.05, 0) is 37.5 Å². The summed E-state index contributed by atoms with van der Waals surface area (Å²) in [6.07, 6.45) is 3.30. The van der Waals surface area contributed by atoms with Crippen LogP contribution in [0.4, 0.5) is 11.5 Å². The van der Waals surface area contributed by atoms with Crippen LogP contribution in [0.15, 0.2) is 36.5 Å². The van der Waals surface area contributed by atoms with Gasteiger partial charge < -0.3 is 15.4 Å². The molecule has 0 spiro atoms. The number of nitrogens with zero attached hydrogens (tertiary/aromatic N) is 2. The highest BCUT2D eigenvalue weighted by molar-refractivity contribution is 5.95. The summed E-state index contributed by atoms with van der Waals surface area (Å²) in [4.78, 5) is 27.3. The highest BCUT2D eigenvalue weighted by Crippen LogP contribution is 2.29. The molecule has 0 aliphatic heterocycles. The standard InChI is InChI=1S/C18H20N4O4/c1-11(12-3-7-15(26-2)8-4-12)20-18(23)13-9-16(22(24)25)17(19-10-13)21-14-5-6-14/h3-4,7-11,14H,5-6H2,1-2H3,(H,19,21)(H,20,23). The van der Waals surface area contributed by atoms with E-state index in [0.29, 0.717) is 0 Å². The molecular weight excluding hydrogens is 336 g/mol.